The molecule has 2 heterocycles. The molecular formula is C26H32N4OS. The van der Waals surface area contributed by atoms with Crippen molar-refractivity contribution in [2.45, 2.75) is 46.2 Å². The van der Waals surface area contributed by atoms with Crippen LogP contribution in [0.2, 0.25) is 0 Å². The van der Waals surface area contributed by atoms with Gasteiger partial charge in [0.25, 0.3) is 5.56 Å². The lowest BCUT2D eigenvalue weighted by molar-refractivity contribution is 0.221. The summed E-state index contributed by atoms with van der Waals surface area (Å²) >= 11 is 5.83. The molecule has 6 heteroatoms. The zero-order chi connectivity index (χ0) is 22.7. The topological polar surface area (TPSA) is 51.4 Å². The number of H-pyrrole nitrogens is 1. The predicted molar refractivity (Wildman–Crippen MR) is 137 cm³/mol. The zero-order valence-corrected chi connectivity index (χ0v) is 20.0. The number of benzene rings is 2. The standard InChI is InChI=1S/C26H32N4OS/c1-4-29-14-8-11-23(29)17-30(26(32)27-22-9-6-5-7-10-22)16-21-15-20-13-12-18(2)19(3)24(20)28-25(21)31/h5-7,9-10,12-13,15,23H,4,8,11,14,16-17H2,1-3H3,(H,27,32)(H,28,31)/t23-/m0/s1. The third-order valence-electron chi connectivity index (χ3n) is 6.64. The molecule has 2 aromatic carbocycles. The number of aryl methyl sites for hydroxylation is 2. The molecule has 2 N–H and O–H groups in total. The average Bonchev–Trinajstić information content (AvgIpc) is 3.25. The van der Waals surface area contributed by atoms with E-state index in [0.29, 0.717) is 17.7 Å². The van der Waals surface area contributed by atoms with Gasteiger partial charge in [-0.25, -0.2) is 0 Å². The van der Waals surface area contributed by atoms with Crippen molar-refractivity contribution in [3.05, 3.63) is 75.6 Å². The summed E-state index contributed by atoms with van der Waals surface area (Å²) in [5.74, 6) is 0. The number of likely N-dealkylation sites (N-methyl/N-ethyl adjacent to an activating group) is 1. The largest absolute Gasteiger partial charge is 0.343 e. The van der Waals surface area contributed by atoms with E-state index >= 15 is 0 Å². The average molecular weight is 449 g/mol. The predicted octanol–water partition coefficient (Wildman–Crippen LogP) is 4.83. The van der Waals surface area contributed by atoms with Crippen LogP contribution in [0.4, 0.5) is 5.69 Å². The summed E-state index contributed by atoms with van der Waals surface area (Å²) in [6, 6.07) is 16.6. The van der Waals surface area contributed by atoms with Crippen molar-refractivity contribution in [2.75, 3.05) is 25.0 Å². The van der Waals surface area contributed by atoms with E-state index in [9.17, 15) is 4.79 Å². The summed E-state index contributed by atoms with van der Waals surface area (Å²) in [6.45, 7) is 9.77. The second-order valence-corrected chi connectivity index (χ2v) is 9.08. The number of pyridine rings is 1. The Bertz CT molecular complexity index is 1160. The fraction of sp³-hybridized carbons (Fsp3) is 0.385. The highest BCUT2D eigenvalue weighted by Crippen LogP contribution is 2.22. The van der Waals surface area contributed by atoms with Gasteiger partial charge in [-0.2, -0.15) is 0 Å². The number of fused-ring (bicyclic) bond motifs is 1. The first kappa shape index (κ1) is 22.5. The molecule has 0 bridgehead atoms. The van der Waals surface area contributed by atoms with E-state index in [-0.39, 0.29) is 5.56 Å². The Labute approximate surface area is 195 Å². The van der Waals surface area contributed by atoms with E-state index < -0.39 is 0 Å². The van der Waals surface area contributed by atoms with Crippen LogP contribution >= 0.6 is 12.2 Å². The number of hydrogen-bond acceptors (Lipinski definition) is 3. The lowest BCUT2D eigenvalue weighted by Gasteiger charge is -2.32. The van der Waals surface area contributed by atoms with Crippen LogP contribution in [0.5, 0.6) is 0 Å². The van der Waals surface area contributed by atoms with E-state index in [2.05, 4.69) is 53.0 Å². The van der Waals surface area contributed by atoms with Gasteiger partial charge in [0, 0.05) is 23.8 Å². The van der Waals surface area contributed by atoms with Crippen LogP contribution in [0.25, 0.3) is 10.9 Å². The molecule has 168 valence electrons. The molecular weight excluding hydrogens is 416 g/mol. The van der Waals surface area contributed by atoms with Crippen molar-refractivity contribution in [1.29, 1.82) is 0 Å². The molecule has 0 radical (unpaired) electrons. The lowest BCUT2D eigenvalue weighted by Crippen LogP contribution is -2.44. The second-order valence-electron chi connectivity index (χ2n) is 8.70. The number of anilines is 1. The molecule has 0 unspecified atom stereocenters. The quantitative estimate of drug-likeness (QED) is 0.529. The number of nitrogens with one attached hydrogen (secondary N) is 2. The molecule has 1 saturated heterocycles. The summed E-state index contributed by atoms with van der Waals surface area (Å²) in [5.41, 5.74) is 4.87. The number of nitrogens with zero attached hydrogens (tertiary/aromatic N) is 2. The molecule has 1 aromatic heterocycles. The van der Waals surface area contributed by atoms with Gasteiger partial charge in [-0.15, -0.1) is 0 Å². The number of rotatable bonds is 6. The fourth-order valence-corrected chi connectivity index (χ4v) is 4.87. The van der Waals surface area contributed by atoms with E-state index in [1.54, 1.807) is 0 Å². The third-order valence-corrected chi connectivity index (χ3v) is 7.00. The van der Waals surface area contributed by atoms with Gasteiger partial charge >= 0.3 is 0 Å². The Morgan fingerprint density at radius 2 is 2.00 bits per heavy atom. The third kappa shape index (κ3) is 4.87. The molecule has 3 aromatic rings. The molecule has 0 amide bonds. The van der Waals surface area contributed by atoms with Gasteiger partial charge in [0.05, 0.1) is 12.1 Å². The Balaban J connectivity index is 1.63. The summed E-state index contributed by atoms with van der Waals surface area (Å²) < 4.78 is 0. The van der Waals surface area contributed by atoms with Crippen LogP contribution in [0.3, 0.4) is 0 Å². The number of hydrogen-bond donors (Lipinski definition) is 2. The number of thiocarbonyl (C=S) groups is 1. The summed E-state index contributed by atoms with van der Waals surface area (Å²) in [6.07, 6.45) is 2.37. The molecule has 4 rings (SSSR count). The first-order chi connectivity index (χ1) is 15.5. The van der Waals surface area contributed by atoms with Crippen molar-refractivity contribution in [3.8, 4) is 0 Å². The summed E-state index contributed by atoms with van der Waals surface area (Å²) in [5, 5.41) is 5.08. The minimum absolute atomic E-state index is 0.0440. The number of para-hydroxylation sites is 1. The first-order valence-corrected chi connectivity index (χ1v) is 11.8. The number of aromatic nitrogens is 1. The molecule has 1 fully saturated rings. The van der Waals surface area contributed by atoms with Crippen LogP contribution in [0.15, 0.2) is 53.3 Å². The Morgan fingerprint density at radius 3 is 2.75 bits per heavy atom. The van der Waals surface area contributed by atoms with E-state index in [4.69, 9.17) is 12.2 Å². The summed E-state index contributed by atoms with van der Waals surface area (Å²) in [4.78, 5) is 20.8. The van der Waals surface area contributed by atoms with Gasteiger partial charge in [-0.3, -0.25) is 9.69 Å². The monoisotopic (exact) mass is 448 g/mol. The smallest absolute Gasteiger partial charge is 0.253 e. The fourth-order valence-electron chi connectivity index (χ4n) is 4.61. The van der Waals surface area contributed by atoms with Crippen molar-refractivity contribution >= 4 is 33.9 Å². The van der Waals surface area contributed by atoms with Crippen molar-refractivity contribution in [3.63, 3.8) is 0 Å². The van der Waals surface area contributed by atoms with Crippen LogP contribution in [-0.2, 0) is 6.54 Å². The van der Waals surface area contributed by atoms with E-state index in [0.717, 1.165) is 53.8 Å². The maximum atomic E-state index is 13.0. The Kier molecular flexibility index (Phi) is 6.92. The molecule has 1 aliphatic rings. The molecule has 32 heavy (non-hydrogen) atoms. The highest BCUT2D eigenvalue weighted by molar-refractivity contribution is 7.80. The molecule has 0 saturated carbocycles. The Morgan fingerprint density at radius 1 is 1.22 bits per heavy atom. The van der Waals surface area contributed by atoms with Gasteiger partial charge in [0.1, 0.15) is 0 Å². The highest BCUT2D eigenvalue weighted by atomic mass is 32.1. The van der Waals surface area contributed by atoms with Crippen LogP contribution in [-0.4, -0.2) is 45.6 Å². The van der Waals surface area contributed by atoms with Gasteiger partial charge < -0.3 is 15.2 Å². The minimum Gasteiger partial charge on any atom is -0.343 e. The van der Waals surface area contributed by atoms with E-state index in [1.165, 1.54) is 12.0 Å². The molecule has 0 spiro atoms. The van der Waals surface area contributed by atoms with E-state index in [1.807, 2.05) is 36.4 Å². The number of aromatic amines is 1. The van der Waals surface area contributed by atoms with Gasteiger partial charge in [-0.05, 0) is 86.7 Å². The van der Waals surface area contributed by atoms with Crippen LogP contribution in [0, 0.1) is 13.8 Å². The number of likely N-dealkylation sites (tertiary alicyclic amines) is 1. The maximum Gasteiger partial charge on any atom is 0.253 e. The lowest BCUT2D eigenvalue weighted by atomic mass is 10.0. The first-order valence-electron chi connectivity index (χ1n) is 11.4. The molecule has 1 atom stereocenters. The molecule has 5 nitrogen and oxygen atoms in total. The van der Waals surface area contributed by atoms with Crippen LogP contribution < -0.4 is 10.9 Å². The molecule has 0 aliphatic carbocycles. The van der Waals surface area contributed by atoms with Crippen molar-refractivity contribution in [2.24, 2.45) is 0 Å². The van der Waals surface area contributed by atoms with Gasteiger partial charge in [-0.1, -0.05) is 37.3 Å². The summed E-state index contributed by atoms with van der Waals surface area (Å²) in [7, 11) is 0. The Hall–Kier alpha value is -2.70. The SMILES string of the molecule is CCN1CCC[C@H]1CN(Cc1cc2ccc(C)c(C)c2[nH]c1=O)C(=S)Nc1ccccc1. The van der Waals surface area contributed by atoms with Crippen molar-refractivity contribution in [1.82, 2.24) is 14.8 Å². The van der Waals surface area contributed by atoms with Gasteiger partial charge in [0.2, 0.25) is 0 Å². The second kappa shape index (κ2) is 9.84. The normalized spacial score (nSPS) is 16.4. The van der Waals surface area contributed by atoms with Crippen LogP contribution in [0.1, 0.15) is 36.5 Å². The molecule has 1 aliphatic heterocycles. The minimum atomic E-state index is -0.0440. The zero-order valence-electron chi connectivity index (χ0n) is 19.1. The van der Waals surface area contributed by atoms with Gasteiger partial charge in [0.15, 0.2) is 5.11 Å². The maximum absolute atomic E-state index is 13.0. The van der Waals surface area contributed by atoms with Crippen molar-refractivity contribution < 1.29 is 0 Å². The highest BCUT2D eigenvalue weighted by Gasteiger charge is 2.26.